The fraction of sp³-hybridized carbons (Fsp3) is 0.500. The van der Waals surface area contributed by atoms with Crippen molar-refractivity contribution in [1.82, 2.24) is 0 Å². The van der Waals surface area contributed by atoms with E-state index in [4.69, 9.17) is 0 Å². The molecule has 0 heterocycles. The summed E-state index contributed by atoms with van der Waals surface area (Å²) in [6.45, 7) is 1.74. The summed E-state index contributed by atoms with van der Waals surface area (Å²) in [5.74, 6) is -0.308. The Hall–Kier alpha value is -0.900. The third-order valence-electron chi connectivity index (χ3n) is 3.10. The van der Waals surface area contributed by atoms with Gasteiger partial charge in [-0.25, -0.2) is 12.8 Å². The molecule has 1 fully saturated rings. The maximum absolute atomic E-state index is 13.5. The lowest BCUT2D eigenvalue weighted by atomic mass is 9.87. The molecule has 1 aliphatic rings. The Balaban J connectivity index is 2.27. The zero-order valence-corrected chi connectivity index (χ0v) is 10.1. The first kappa shape index (κ1) is 11.6. The van der Waals surface area contributed by atoms with Gasteiger partial charge in [0, 0.05) is 0 Å². The highest BCUT2D eigenvalue weighted by Crippen LogP contribution is 2.30. The first-order valence-electron chi connectivity index (χ1n) is 5.48. The van der Waals surface area contributed by atoms with Crippen molar-refractivity contribution in [2.45, 2.75) is 31.1 Å². The molecule has 0 N–H and O–H groups in total. The van der Waals surface area contributed by atoms with Crippen LogP contribution in [0.15, 0.2) is 23.1 Å². The van der Waals surface area contributed by atoms with Gasteiger partial charge >= 0.3 is 0 Å². The molecule has 1 aromatic rings. The predicted molar refractivity (Wildman–Crippen MR) is 60.5 cm³/mol. The van der Waals surface area contributed by atoms with E-state index < -0.39 is 15.7 Å². The lowest BCUT2D eigenvalue weighted by molar-refractivity contribution is 0.347. The van der Waals surface area contributed by atoms with Gasteiger partial charge in [-0.2, -0.15) is 0 Å². The third-order valence-corrected chi connectivity index (χ3v) is 5.01. The van der Waals surface area contributed by atoms with Gasteiger partial charge in [0.2, 0.25) is 0 Å². The van der Waals surface area contributed by atoms with Crippen LogP contribution in [0, 0.1) is 18.7 Å². The first-order valence-corrected chi connectivity index (χ1v) is 7.13. The molecule has 0 aliphatic heterocycles. The third kappa shape index (κ3) is 2.26. The van der Waals surface area contributed by atoms with E-state index >= 15 is 0 Å². The molecule has 4 heteroatoms. The molecule has 0 saturated heterocycles. The largest absolute Gasteiger partial charge is 0.224 e. The Kier molecular flexibility index (Phi) is 3.02. The summed E-state index contributed by atoms with van der Waals surface area (Å²) >= 11 is 0. The van der Waals surface area contributed by atoms with E-state index in [0.717, 1.165) is 24.8 Å². The van der Waals surface area contributed by atoms with Crippen LogP contribution in [0.2, 0.25) is 0 Å². The van der Waals surface area contributed by atoms with Gasteiger partial charge in [-0.15, -0.1) is 0 Å². The Morgan fingerprint density at radius 3 is 2.56 bits per heavy atom. The standard InChI is InChI=1S/C12H15FO2S/c1-9-5-6-12(11(13)7-9)16(14,15)8-10-3-2-4-10/h5-7,10H,2-4,8H2,1H3. The van der Waals surface area contributed by atoms with E-state index in [1.807, 2.05) is 0 Å². The number of rotatable bonds is 3. The number of aryl methyl sites for hydroxylation is 1. The van der Waals surface area contributed by atoms with Crippen LogP contribution >= 0.6 is 0 Å². The van der Waals surface area contributed by atoms with Crippen molar-refractivity contribution >= 4 is 9.84 Å². The van der Waals surface area contributed by atoms with Gasteiger partial charge in [0.1, 0.15) is 10.7 Å². The average Bonchev–Trinajstić information content (AvgIpc) is 2.11. The summed E-state index contributed by atoms with van der Waals surface area (Å²) in [4.78, 5) is -0.148. The Labute approximate surface area is 95.4 Å². The predicted octanol–water partition coefficient (Wildman–Crippen LogP) is 2.71. The second-order valence-electron chi connectivity index (χ2n) is 4.51. The Bertz CT molecular complexity index is 490. The molecule has 1 aliphatic carbocycles. The molecule has 1 aromatic carbocycles. The molecule has 2 rings (SSSR count). The highest BCUT2D eigenvalue weighted by molar-refractivity contribution is 7.91. The topological polar surface area (TPSA) is 34.1 Å². The van der Waals surface area contributed by atoms with E-state index in [1.165, 1.54) is 12.1 Å². The molecule has 2 nitrogen and oxygen atoms in total. The molecule has 0 amide bonds. The van der Waals surface area contributed by atoms with Crippen LogP contribution in [0.1, 0.15) is 24.8 Å². The molecule has 88 valence electrons. The van der Waals surface area contributed by atoms with Crippen LogP contribution in [-0.2, 0) is 9.84 Å². The maximum atomic E-state index is 13.5. The average molecular weight is 242 g/mol. The smallest absolute Gasteiger partial charge is 0.181 e. The highest BCUT2D eigenvalue weighted by Gasteiger charge is 2.27. The van der Waals surface area contributed by atoms with Gasteiger partial charge in [0.05, 0.1) is 5.75 Å². The highest BCUT2D eigenvalue weighted by atomic mass is 32.2. The van der Waals surface area contributed by atoms with E-state index in [0.29, 0.717) is 0 Å². The lowest BCUT2D eigenvalue weighted by Crippen LogP contribution is -2.22. The second kappa shape index (κ2) is 4.17. The number of halogens is 1. The quantitative estimate of drug-likeness (QED) is 0.816. The summed E-state index contributed by atoms with van der Waals surface area (Å²) in [6, 6.07) is 4.28. The van der Waals surface area contributed by atoms with Crippen LogP contribution in [0.5, 0.6) is 0 Å². The van der Waals surface area contributed by atoms with E-state index in [1.54, 1.807) is 13.0 Å². The van der Waals surface area contributed by atoms with Crippen LogP contribution in [0.25, 0.3) is 0 Å². The molecular weight excluding hydrogens is 227 g/mol. The molecule has 0 spiro atoms. The van der Waals surface area contributed by atoms with Crippen molar-refractivity contribution in [2.75, 3.05) is 5.75 Å². The van der Waals surface area contributed by atoms with Gasteiger partial charge < -0.3 is 0 Å². The van der Waals surface area contributed by atoms with E-state index in [2.05, 4.69) is 0 Å². The van der Waals surface area contributed by atoms with Gasteiger partial charge in [0.25, 0.3) is 0 Å². The van der Waals surface area contributed by atoms with Crippen LogP contribution in [-0.4, -0.2) is 14.2 Å². The van der Waals surface area contributed by atoms with Crippen LogP contribution in [0.3, 0.4) is 0 Å². The number of sulfone groups is 1. The van der Waals surface area contributed by atoms with E-state index in [-0.39, 0.29) is 16.6 Å². The summed E-state index contributed by atoms with van der Waals surface area (Å²) in [5.41, 5.74) is 0.736. The Morgan fingerprint density at radius 2 is 2.06 bits per heavy atom. The Morgan fingerprint density at radius 1 is 1.38 bits per heavy atom. The minimum atomic E-state index is -3.44. The molecule has 0 unspecified atom stereocenters. The van der Waals surface area contributed by atoms with Crippen molar-refractivity contribution in [1.29, 1.82) is 0 Å². The van der Waals surface area contributed by atoms with Crippen molar-refractivity contribution in [2.24, 2.45) is 5.92 Å². The molecule has 0 bridgehead atoms. The van der Waals surface area contributed by atoms with Crippen molar-refractivity contribution < 1.29 is 12.8 Å². The van der Waals surface area contributed by atoms with Gasteiger partial charge in [-0.05, 0) is 43.4 Å². The second-order valence-corrected chi connectivity index (χ2v) is 6.51. The molecule has 0 atom stereocenters. The summed E-state index contributed by atoms with van der Waals surface area (Å²) in [6.07, 6.45) is 3.00. The minimum absolute atomic E-state index is 0.0903. The summed E-state index contributed by atoms with van der Waals surface area (Å²) in [5, 5.41) is 0. The van der Waals surface area contributed by atoms with E-state index in [9.17, 15) is 12.8 Å². The lowest BCUT2D eigenvalue weighted by Gasteiger charge is -2.24. The fourth-order valence-electron chi connectivity index (χ4n) is 1.92. The number of hydrogen-bond acceptors (Lipinski definition) is 2. The maximum Gasteiger partial charge on any atom is 0.181 e. The summed E-state index contributed by atoms with van der Waals surface area (Å²) in [7, 11) is -3.44. The minimum Gasteiger partial charge on any atom is -0.224 e. The zero-order chi connectivity index (χ0) is 11.8. The van der Waals surface area contributed by atoms with Gasteiger partial charge in [0.15, 0.2) is 9.84 Å². The monoisotopic (exact) mass is 242 g/mol. The zero-order valence-electron chi connectivity index (χ0n) is 9.24. The normalized spacial score (nSPS) is 17.1. The molecule has 0 radical (unpaired) electrons. The summed E-state index contributed by atoms with van der Waals surface area (Å²) < 4.78 is 37.4. The fourth-order valence-corrected chi connectivity index (χ4v) is 3.68. The van der Waals surface area contributed by atoms with Gasteiger partial charge in [-0.3, -0.25) is 0 Å². The van der Waals surface area contributed by atoms with Crippen molar-refractivity contribution in [3.05, 3.63) is 29.6 Å². The van der Waals surface area contributed by atoms with Gasteiger partial charge in [-0.1, -0.05) is 12.5 Å². The molecule has 16 heavy (non-hydrogen) atoms. The van der Waals surface area contributed by atoms with Crippen molar-refractivity contribution in [3.8, 4) is 0 Å². The SMILES string of the molecule is Cc1ccc(S(=O)(=O)CC2CCC2)c(F)c1. The number of hydrogen-bond donors (Lipinski definition) is 0. The van der Waals surface area contributed by atoms with Crippen molar-refractivity contribution in [3.63, 3.8) is 0 Å². The molecule has 1 saturated carbocycles. The first-order chi connectivity index (χ1) is 7.49. The molecular formula is C12H15FO2S. The van der Waals surface area contributed by atoms with Crippen LogP contribution < -0.4 is 0 Å². The molecule has 0 aromatic heterocycles. The van der Waals surface area contributed by atoms with Crippen LogP contribution in [0.4, 0.5) is 4.39 Å². The number of benzene rings is 1.